The van der Waals surface area contributed by atoms with Crippen molar-refractivity contribution in [1.29, 1.82) is 0 Å². The number of aryl methyl sites for hydroxylation is 1. The lowest BCUT2D eigenvalue weighted by atomic mass is 10.0. The number of nitrogens with zero attached hydrogens (tertiary/aromatic N) is 2. The Morgan fingerprint density at radius 1 is 1.03 bits per heavy atom. The molecule has 1 aliphatic rings. The van der Waals surface area contributed by atoms with Gasteiger partial charge in [0.15, 0.2) is 0 Å². The number of anilines is 1. The van der Waals surface area contributed by atoms with Crippen LogP contribution in [0.2, 0.25) is 0 Å². The Morgan fingerprint density at radius 3 is 2.60 bits per heavy atom. The fourth-order valence-corrected chi connectivity index (χ4v) is 5.16. The van der Waals surface area contributed by atoms with Crippen molar-refractivity contribution in [2.24, 2.45) is 0 Å². The summed E-state index contributed by atoms with van der Waals surface area (Å²) in [6.07, 6.45) is 5.82. The largest absolute Gasteiger partial charge is 0.352 e. The van der Waals surface area contributed by atoms with Crippen molar-refractivity contribution in [1.82, 2.24) is 10.3 Å². The lowest BCUT2D eigenvalue weighted by molar-refractivity contribution is 0.0954. The first-order valence-electron chi connectivity index (χ1n) is 9.93. The first kappa shape index (κ1) is 20.1. The van der Waals surface area contributed by atoms with E-state index >= 15 is 0 Å². The summed E-state index contributed by atoms with van der Waals surface area (Å²) < 4.78 is 27.8. The second-order valence-corrected chi connectivity index (χ2v) is 9.06. The van der Waals surface area contributed by atoms with Gasteiger partial charge in [0.2, 0.25) is 0 Å². The van der Waals surface area contributed by atoms with Gasteiger partial charge in [-0.05, 0) is 66.8 Å². The number of carbonyl (C=O) groups is 1. The number of hydrogen-bond donors (Lipinski definition) is 1. The number of para-hydroxylation sites is 1. The Morgan fingerprint density at radius 2 is 1.83 bits per heavy atom. The Hall–Kier alpha value is -3.19. The van der Waals surface area contributed by atoms with E-state index < -0.39 is 10.0 Å². The van der Waals surface area contributed by atoms with Crippen molar-refractivity contribution in [3.05, 3.63) is 89.7 Å². The molecular weight excluding hydrogens is 398 g/mol. The van der Waals surface area contributed by atoms with E-state index in [1.165, 1.54) is 16.4 Å². The molecule has 0 aliphatic carbocycles. The molecule has 2 aromatic carbocycles. The molecular formula is C23H23N3O3S. The molecule has 0 atom stereocenters. The topological polar surface area (TPSA) is 79.4 Å². The monoisotopic (exact) mass is 421 g/mol. The summed E-state index contributed by atoms with van der Waals surface area (Å²) in [7, 11) is -3.68. The lowest BCUT2D eigenvalue weighted by Crippen LogP contribution is -2.35. The Balaban J connectivity index is 1.45. The molecule has 7 heteroatoms. The van der Waals surface area contributed by atoms with Crippen molar-refractivity contribution >= 4 is 21.6 Å². The number of hydrogen-bond acceptors (Lipinski definition) is 4. The van der Waals surface area contributed by atoms with Crippen LogP contribution in [0, 0.1) is 0 Å². The third-order valence-corrected chi connectivity index (χ3v) is 7.02. The summed E-state index contributed by atoms with van der Waals surface area (Å²) in [5, 5.41) is 2.86. The number of benzene rings is 2. The third kappa shape index (κ3) is 4.21. The molecule has 0 saturated carbocycles. The van der Waals surface area contributed by atoms with Gasteiger partial charge in [-0.2, -0.15) is 0 Å². The predicted molar refractivity (Wildman–Crippen MR) is 116 cm³/mol. The van der Waals surface area contributed by atoms with Crippen LogP contribution in [-0.4, -0.2) is 32.4 Å². The van der Waals surface area contributed by atoms with Gasteiger partial charge < -0.3 is 5.32 Å². The Kier molecular flexibility index (Phi) is 5.81. The number of amides is 1. The number of fused-ring (bicyclic) bond motifs is 1. The predicted octanol–water partition coefficient (Wildman–Crippen LogP) is 3.20. The summed E-state index contributed by atoms with van der Waals surface area (Å²) >= 11 is 0. The molecule has 0 unspecified atom stereocenters. The number of sulfonamides is 1. The van der Waals surface area contributed by atoms with E-state index in [1.54, 1.807) is 24.5 Å². The summed E-state index contributed by atoms with van der Waals surface area (Å²) in [5.74, 6) is -0.230. The van der Waals surface area contributed by atoms with Gasteiger partial charge >= 0.3 is 0 Å². The summed E-state index contributed by atoms with van der Waals surface area (Å²) in [4.78, 5) is 16.6. The zero-order valence-electron chi connectivity index (χ0n) is 16.5. The first-order chi connectivity index (χ1) is 14.6. The number of aromatic nitrogens is 1. The molecule has 1 aromatic heterocycles. The lowest BCUT2D eigenvalue weighted by Gasteiger charge is -2.30. The van der Waals surface area contributed by atoms with Gasteiger partial charge in [0.25, 0.3) is 15.9 Å². The van der Waals surface area contributed by atoms with Gasteiger partial charge in [-0.25, -0.2) is 8.42 Å². The molecule has 30 heavy (non-hydrogen) atoms. The highest BCUT2D eigenvalue weighted by molar-refractivity contribution is 7.92. The van der Waals surface area contributed by atoms with E-state index in [1.807, 2.05) is 36.4 Å². The molecule has 1 N–H and O–H groups in total. The van der Waals surface area contributed by atoms with E-state index in [0.29, 0.717) is 25.1 Å². The van der Waals surface area contributed by atoms with Crippen LogP contribution in [0.4, 0.5) is 5.69 Å². The Labute approximate surface area is 176 Å². The van der Waals surface area contributed by atoms with Crippen LogP contribution in [-0.2, 0) is 22.9 Å². The second-order valence-electron chi connectivity index (χ2n) is 7.20. The quantitative estimate of drug-likeness (QED) is 0.663. The number of carbonyl (C=O) groups excluding carboxylic acids is 1. The average molecular weight is 422 g/mol. The van der Waals surface area contributed by atoms with Crippen LogP contribution in [0.1, 0.15) is 27.9 Å². The maximum absolute atomic E-state index is 13.2. The summed E-state index contributed by atoms with van der Waals surface area (Å²) in [6, 6.07) is 17.5. The highest BCUT2D eigenvalue weighted by atomic mass is 32.2. The summed E-state index contributed by atoms with van der Waals surface area (Å²) in [5.41, 5.74) is 3.25. The molecule has 4 rings (SSSR count). The van der Waals surface area contributed by atoms with Crippen molar-refractivity contribution in [3.8, 4) is 0 Å². The van der Waals surface area contributed by atoms with Gasteiger partial charge in [0.05, 0.1) is 10.6 Å². The first-order valence-corrected chi connectivity index (χ1v) is 11.4. The van der Waals surface area contributed by atoms with Crippen molar-refractivity contribution < 1.29 is 13.2 Å². The molecule has 1 aliphatic heterocycles. The number of pyridine rings is 1. The van der Waals surface area contributed by atoms with E-state index in [0.717, 1.165) is 29.7 Å². The third-order valence-electron chi connectivity index (χ3n) is 5.19. The van der Waals surface area contributed by atoms with Crippen molar-refractivity contribution in [3.63, 3.8) is 0 Å². The van der Waals surface area contributed by atoms with Crippen LogP contribution >= 0.6 is 0 Å². The number of nitrogens with one attached hydrogen (secondary N) is 1. The molecule has 6 nitrogen and oxygen atoms in total. The fourth-order valence-electron chi connectivity index (χ4n) is 3.62. The van der Waals surface area contributed by atoms with Gasteiger partial charge in [0.1, 0.15) is 0 Å². The van der Waals surface area contributed by atoms with E-state index in [2.05, 4.69) is 10.3 Å². The maximum atomic E-state index is 13.2. The highest BCUT2D eigenvalue weighted by Gasteiger charge is 2.28. The van der Waals surface area contributed by atoms with E-state index in [9.17, 15) is 13.2 Å². The van der Waals surface area contributed by atoms with Crippen LogP contribution in [0.5, 0.6) is 0 Å². The highest BCUT2D eigenvalue weighted by Crippen LogP contribution is 2.31. The minimum absolute atomic E-state index is 0.186. The van der Waals surface area contributed by atoms with Crippen LogP contribution in [0.15, 0.2) is 78.0 Å². The Bertz CT molecular complexity index is 1130. The van der Waals surface area contributed by atoms with Gasteiger partial charge in [0, 0.05) is 31.0 Å². The molecule has 1 amide bonds. The van der Waals surface area contributed by atoms with Gasteiger partial charge in [-0.1, -0.05) is 24.3 Å². The summed E-state index contributed by atoms with van der Waals surface area (Å²) in [6.45, 7) is 0.936. The van der Waals surface area contributed by atoms with Crippen molar-refractivity contribution in [2.75, 3.05) is 17.4 Å². The molecule has 3 aromatic rings. The molecule has 154 valence electrons. The zero-order chi connectivity index (χ0) is 21.0. The molecule has 0 fully saturated rings. The maximum Gasteiger partial charge on any atom is 0.264 e. The molecule has 0 radical (unpaired) electrons. The van der Waals surface area contributed by atoms with E-state index in [-0.39, 0.29) is 10.8 Å². The van der Waals surface area contributed by atoms with Gasteiger partial charge in [-0.15, -0.1) is 0 Å². The van der Waals surface area contributed by atoms with Crippen LogP contribution in [0.3, 0.4) is 0 Å². The van der Waals surface area contributed by atoms with Crippen LogP contribution in [0.25, 0.3) is 0 Å². The minimum atomic E-state index is -3.68. The fraction of sp³-hybridized carbons (Fsp3) is 0.217. The van der Waals surface area contributed by atoms with Crippen molar-refractivity contribution in [2.45, 2.75) is 24.2 Å². The SMILES string of the molecule is O=C(NCCc1cccnc1)c1ccc(S(=O)(=O)N2CCCc3ccccc32)cc1. The average Bonchev–Trinajstić information content (AvgIpc) is 2.79. The van der Waals surface area contributed by atoms with Gasteiger partial charge in [-0.3, -0.25) is 14.1 Å². The molecule has 2 heterocycles. The molecule has 0 bridgehead atoms. The van der Waals surface area contributed by atoms with Crippen LogP contribution < -0.4 is 9.62 Å². The molecule has 0 saturated heterocycles. The molecule has 0 spiro atoms. The smallest absolute Gasteiger partial charge is 0.264 e. The normalized spacial score (nSPS) is 13.5. The minimum Gasteiger partial charge on any atom is -0.352 e. The number of rotatable bonds is 6. The van der Waals surface area contributed by atoms with E-state index in [4.69, 9.17) is 0 Å². The zero-order valence-corrected chi connectivity index (χ0v) is 17.3. The standard InChI is InChI=1S/C23H23N3O3S/c27-23(25-15-13-18-5-3-14-24-17-18)20-9-11-21(12-10-20)30(28,29)26-16-4-7-19-6-1-2-8-22(19)26/h1-3,5-6,8-12,14,17H,4,7,13,15-16H2,(H,25,27). The second kappa shape index (κ2) is 8.67.